The van der Waals surface area contributed by atoms with Crippen molar-refractivity contribution in [1.29, 1.82) is 0 Å². The van der Waals surface area contributed by atoms with E-state index in [4.69, 9.17) is 0 Å². The van der Waals surface area contributed by atoms with Crippen LogP contribution in [-0.4, -0.2) is 23.5 Å². The summed E-state index contributed by atoms with van der Waals surface area (Å²) in [6, 6.07) is 7.00. The zero-order valence-corrected chi connectivity index (χ0v) is 10.1. The first kappa shape index (κ1) is 11.5. The summed E-state index contributed by atoms with van der Waals surface area (Å²) >= 11 is 1.76. The highest BCUT2D eigenvalue weighted by atomic mass is 32.2. The van der Waals surface area contributed by atoms with Crippen LogP contribution < -0.4 is 5.32 Å². The molecule has 1 unspecified atom stereocenters. The Balaban J connectivity index is 1.86. The minimum absolute atomic E-state index is 0.180. The first-order chi connectivity index (χ1) is 7.74. The number of nitrogens with one attached hydrogen (secondary N) is 1. The molecule has 0 saturated heterocycles. The second-order valence-corrected chi connectivity index (χ2v) is 4.99. The van der Waals surface area contributed by atoms with Crippen LogP contribution in [0.2, 0.25) is 0 Å². The lowest BCUT2D eigenvalue weighted by Gasteiger charge is -2.14. The van der Waals surface area contributed by atoms with Gasteiger partial charge < -0.3 is 5.32 Å². The van der Waals surface area contributed by atoms with Gasteiger partial charge in [-0.25, -0.2) is 4.39 Å². The molecule has 2 rings (SSSR count). The fourth-order valence-electron chi connectivity index (χ4n) is 1.66. The van der Waals surface area contributed by atoms with Gasteiger partial charge in [0, 0.05) is 11.8 Å². The van der Waals surface area contributed by atoms with E-state index >= 15 is 0 Å². The van der Waals surface area contributed by atoms with E-state index in [0.717, 1.165) is 29.4 Å². The highest BCUT2D eigenvalue weighted by molar-refractivity contribution is 8.14. The van der Waals surface area contributed by atoms with Gasteiger partial charge in [0.15, 0.2) is 5.17 Å². The molecule has 1 N–H and O–H groups in total. The van der Waals surface area contributed by atoms with E-state index in [0.29, 0.717) is 6.04 Å². The van der Waals surface area contributed by atoms with Crippen molar-refractivity contribution in [2.75, 3.05) is 12.3 Å². The molecule has 1 aromatic rings. The molecule has 0 saturated carbocycles. The second kappa shape index (κ2) is 5.34. The molecule has 2 nitrogen and oxygen atoms in total. The molecule has 1 aliphatic rings. The molecule has 1 aliphatic heterocycles. The molecule has 4 heteroatoms. The number of amidine groups is 1. The summed E-state index contributed by atoms with van der Waals surface area (Å²) in [5.74, 6) is 0.895. The monoisotopic (exact) mass is 238 g/mol. The Bertz CT molecular complexity index is 375. The van der Waals surface area contributed by atoms with E-state index < -0.39 is 0 Å². The summed E-state index contributed by atoms with van der Waals surface area (Å²) in [4.78, 5) is 4.34. The Labute approximate surface area is 99.3 Å². The van der Waals surface area contributed by atoms with Crippen LogP contribution in [-0.2, 0) is 6.42 Å². The predicted octanol–water partition coefficient (Wildman–Crippen LogP) is 2.45. The highest BCUT2D eigenvalue weighted by Crippen LogP contribution is 2.11. The van der Waals surface area contributed by atoms with Crippen molar-refractivity contribution in [2.45, 2.75) is 19.4 Å². The van der Waals surface area contributed by atoms with Crippen LogP contribution in [0.15, 0.2) is 29.3 Å². The Morgan fingerprint density at radius 3 is 2.81 bits per heavy atom. The van der Waals surface area contributed by atoms with Gasteiger partial charge >= 0.3 is 0 Å². The van der Waals surface area contributed by atoms with Gasteiger partial charge in [-0.2, -0.15) is 0 Å². The van der Waals surface area contributed by atoms with E-state index in [9.17, 15) is 4.39 Å². The fourth-order valence-corrected chi connectivity index (χ4v) is 2.50. The first-order valence-electron chi connectivity index (χ1n) is 5.42. The van der Waals surface area contributed by atoms with Crippen molar-refractivity contribution in [3.8, 4) is 0 Å². The van der Waals surface area contributed by atoms with Crippen molar-refractivity contribution in [3.05, 3.63) is 35.6 Å². The van der Waals surface area contributed by atoms with Gasteiger partial charge in [-0.05, 0) is 31.0 Å². The SMILES string of the molecule is CC(Cc1ccc(F)cc1)NC1=NCCS1. The van der Waals surface area contributed by atoms with Crippen LogP contribution in [0.1, 0.15) is 12.5 Å². The van der Waals surface area contributed by atoms with Gasteiger partial charge in [-0.15, -0.1) is 0 Å². The Kier molecular flexibility index (Phi) is 3.83. The zero-order valence-electron chi connectivity index (χ0n) is 9.24. The normalized spacial score (nSPS) is 17.0. The average Bonchev–Trinajstić information content (AvgIpc) is 2.74. The molecule has 1 atom stereocenters. The van der Waals surface area contributed by atoms with E-state index in [1.54, 1.807) is 11.8 Å². The van der Waals surface area contributed by atoms with Crippen molar-refractivity contribution in [1.82, 2.24) is 5.32 Å². The number of hydrogen-bond donors (Lipinski definition) is 1. The van der Waals surface area contributed by atoms with Gasteiger partial charge in [0.1, 0.15) is 5.82 Å². The van der Waals surface area contributed by atoms with Gasteiger partial charge in [-0.3, -0.25) is 4.99 Å². The number of aliphatic imine (C=N–C) groups is 1. The van der Waals surface area contributed by atoms with Gasteiger partial charge in [0.25, 0.3) is 0 Å². The van der Waals surface area contributed by atoms with Gasteiger partial charge in [0.2, 0.25) is 0 Å². The third kappa shape index (κ3) is 3.23. The largest absolute Gasteiger partial charge is 0.362 e. The average molecular weight is 238 g/mol. The van der Waals surface area contributed by atoms with Crippen LogP contribution in [0.3, 0.4) is 0 Å². The molecule has 0 aromatic heterocycles. The lowest BCUT2D eigenvalue weighted by molar-refractivity contribution is 0.623. The molecule has 1 aromatic carbocycles. The van der Waals surface area contributed by atoms with Crippen LogP contribution in [0.5, 0.6) is 0 Å². The Morgan fingerprint density at radius 2 is 2.19 bits per heavy atom. The molecular formula is C12H15FN2S. The molecule has 0 bridgehead atoms. The predicted molar refractivity (Wildman–Crippen MR) is 67.5 cm³/mol. The standard InChI is InChI=1S/C12H15FN2S/c1-9(15-12-14-6-7-16-12)8-10-2-4-11(13)5-3-10/h2-5,9H,6-8H2,1H3,(H,14,15). The number of hydrogen-bond acceptors (Lipinski definition) is 3. The smallest absolute Gasteiger partial charge is 0.156 e. The second-order valence-electron chi connectivity index (χ2n) is 3.91. The summed E-state index contributed by atoms with van der Waals surface area (Å²) in [5.41, 5.74) is 1.14. The zero-order chi connectivity index (χ0) is 11.4. The van der Waals surface area contributed by atoms with E-state index in [1.807, 2.05) is 12.1 Å². The molecule has 0 aliphatic carbocycles. The summed E-state index contributed by atoms with van der Waals surface area (Å²) in [5, 5.41) is 4.40. The lowest BCUT2D eigenvalue weighted by atomic mass is 10.1. The molecule has 86 valence electrons. The molecular weight excluding hydrogens is 223 g/mol. The van der Waals surface area contributed by atoms with Crippen LogP contribution in [0.4, 0.5) is 4.39 Å². The molecule has 0 spiro atoms. The Hall–Kier alpha value is -1.03. The third-order valence-electron chi connectivity index (χ3n) is 2.41. The number of nitrogens with zero attached hydrogens (tertiary/aromatic N) is 1. The van der Waals surface area contributed by atoms with Crippen LogP contribution in [0.25, 0.3) is 0 Å². The topological polar surface area (TPSA) is 24.4 Å². The van der Waals surface area contributed by atoms with E-state index in [-0.39, 0.29) is 5.82 Å². The summed E-state index contributed by atoms with van der Waals surface area (Å²) in [6.07, 6.45) is 0.889. The first-order valence-corrected chi connectivity index (χ1v) is 6.41. The fraction of sp³-hybridized carbons (Fsp3) is 0.417. The molecule has 1 heterocycles. The number of rotatable bonds is 3. The molecule has 0 fully saturated rings. The maximum absolute atomic E-state index is 12.7. The van der Waals surface area contributed by atoms with E-state index in [1.165, 1.54) is 12.1 Å². The molecule has 16 heavy (non-hydrogen) atoms. The number of benzene rings is 1. The lowest BCUT2D eigenvalue weighted by Crippen LogP contribution is -2.31. The highest BCUT2D eigenvalue weighted by Gasteiger charge is 2.10. The van der Waals surface area contributed by atoms with E-state index in [2.05, 4.69) is 17.2 Å². The maximum Gasteiger partial charge on any atom is 0.156 e. The number of thioether (sulfide) groups is 1. The van der Waals surface area contributed by atoms with Gasteiger partial charge in [-0.1, -0.05) is 23.9 Å². The van der Waals surface area contributed by atoms with Crippen molar-refractivity contribution in [3.63, 3.8) is 0 Å². The molecule has 0 amide bonds. The summed E-state index contributed by atoms with van der Waals surface area (Å²) in [6.45, 7) is 3.03. The summed E-state index contributed by atoms with van der Waals surface area (Å²) < 4.78 is 12.7. The van der Waals surface area contributed by atoms with Crippen LogP contribution in [0, 0.1) is 5.82 Å². The van der Waals surface area contributed by atoms with Crippen LogP contribution >= 0.6 is 11.8 Å². The van der Waals surface area contributed by atoms with Crippen molar-refractivity contribution < 1.29 is 4.39 Å². The van der Waals surface area contributed by atoms with Crippen molar-refractivity contribution in [2.24, 2.45) is 4.99 Å². The summed E-state index contributed by atoms with van der Waals surface area (Å²) in [7, 11) is 0. The Morgan fingerprint density at radius 1 is 1.44 bits per heavy atom. The minimum atomic E-state index is -0.180. The third-order valence-corrected chi connectivity index (χ3v) is 3.32. The van der Waals surface area contributed by atoms with Gasteiger partial charge in [0.05, 0.1) is 6.54 Å². The maximum atomic E-state index is 12.7. The molecule has 0 radical (unpaired) electrons. The number of halogens is 1. The van der Waals surface area contributed by atoms with Crippen molar-refractivity contribution >= 4 is 16.9 Å². The minimum Gasteiger partial charge on any atom is -0.362 e. The quantitative estimate of drug-likeness (QED) is 0.874.